The van der Waals surface area contributed by atoms with E-state index in [2.05, 4.69) is 47.1 Å². The molecule has 2 aromatic carbocycles. The van der Waals surface area contributed by atoms with Gasteiger partial charge < -0.3 is 21.1 Å². The highest BCUT2D eigenvalue weighted by atomic mass is 16.3. The van der Waals surface area contributed by atoms with Gasteiger partial charge in [-0.05, 0) is 42.6 Å². The molecule has 0 bridgehead atoms. The van der Waals surface area contributed by atoms with Crippen molar-refractivity contribution in [3.63, 3.8) is 0 Å². The molecule has 140 valence electrons. The highest BCUT2D eigenvalue weighted by Gasteiger charge is 2.14. The Balaban J connectivity index is 2.07. The number of anilines is 1. The molecule has 26 heavy (non-hydrogen) atoms. The summed E-state index contributed by atoms with van der Waals surface area (Å²) in [6, 6.07) is 15.6. The molecule has 0 aliphatic rings. The van der Waals surface area contributed by atoms with Crippen LogP contribution in [0.4, 0.5) is 10.5 Å². The van der Waals surface area contributed by atoms with E-state index in [1.54, 1.807) is 13.1 Å². The predicted molar refractivity (Wildman–Crippen MR) is 107 cm³/mol. The zero-order valence-electron chi connectivity index (χ0n) is 15.6. The number of aromatic hydroxyl groups is 1. The number of benzene rings is 2. The molecule has 0 aliphatic heterocycles. The van der Waals surface area contributed by atoms with Gasteiger partial charge in [0.1, 0.15) is 5.75 Å². The molecule has 0 aromatic heterocycles. The zero-order valence-corrected chi connectivity index (χ0v) is 15.6. The van der Waals surface area contributed by atoms with E-state index in [1.165, 1.54) is 5.56 Å². The van der Waals surface area contributed by atoms with Crippen molar-refractivity contribution >= 4 is 11.7 Å². The van der Waals surface area contributed by atoms with E-state index >= 15 is 0 Å². The van der Waals surface area contributed by atoms with Crippen LogP contribution in [-0.2, 0) is 6.42 Å². The molecular weight excluding hydrogens is 326 g/mol. The fourth-order valence-electron chi connectivity index (χ4n) is 2.89. The lowest BCUT2D eigenvalue weighted by Gasteiger charge is -2.20. The Labute approximate surface area is 155 Å². The van der Waals surface area contributed by atoms with Gasteiger partial charge in [-0.1, -0.05) is 56.2 Å². The molecule has 0 spiro atoms. The second kappa shape index (κ2) is 10.5. The molecule has 0 heterocycles. The van der Waals surface area contributed by atoms with Crippen LogP contribution in [0.1, 0.15) is 43.4 Å². The van der Waals surface area contributed by atoms with Crippen molar-refractivity contribution in [2.45, 2.75) is 38.6 Å². The van der Waals surface area contributed by atoms with Crippen LogP contribution in [0.3, 0.4) is 0 Å². The largest absolute Gasteiger partial charge is 0.506 e. The minimum absolute atomic E-state index is 0.0656. The molecule has 0 radical (unpaired) electrons. The number of carbonyl (C=O) groups is 1. The molecule has 0 fully saturated rings. The predicted octanol–water partition coefficient (Wildman–Crippen LogP) is 4.21. The molecular formula is C21H29N3O2. The van der Waals surface area contributed by atoms with Crippen LogP contribution in [0, 0.1) is 0 Å². The minimum Gasteiger partial charge on any atom is -0.506 e. The van der Waals surface area contributed by atoms with E-state index in [4.69, 9.17) is 0 Å². The lowest BCUT2D eigenvalue weighted by Crippen LogP contribution is -2.26. The average Bonchev–Trinajstić information content (AvgIpc) is 2.67. The summed E-state index contributed by atoms with van der Waals surface area (Å²) in [4.78, 5) is 11.6. The SMILES string of the molecule is CCCCC(NCCc1ccccc1)c1ccc(O)c(NC(=O)NC)c1. The maximum atomic E-state index is 11.6. The third-order valence-electron chi connectivity index (χ3n) is 4.39. The summed E-state index contributed by atoms with van der Waals surface area (Å²) >= 11 is 0. The molecule has 4 N–H and O–H groups in total. The van der Waals surface area contributed by atoms with Gasteiger partial charge in [-0.3, -0.25) is 0 Å². The standard InChI is InChI=1S/C21H29N3O2/c1-3-4-10-18(23-14-13-16-8-6-5-7-9-16)17-11-12-20(25)19(15-17)24-21(26)22-2/h5-9,11-12,15,18,23,25H,3-4,10,13-14H2,1-2H3,(H2,22,24,26). The summed E-state index contributed by atoms with van der Waals surface area (Å²) < 4.78 is 0. The van der Waals surface area contributed by atoms with Crippen molar-refractivity contribution in [1.29, 1.82) is 0 Å². The molecule has 0 saturated carbocycles. The fourth-order valence-corrected chi connectivity index (χ4v) is 2.89. The van der Waals surface area contributed by atoms with E-state index in [0.717, 1.165) is 37.8 Å². The first-order valence-electron chi connectivity index (χ1n) is 9.23. The molecule has 0 saturated heterocycles. The fraction of sp³-hybridized carbons (Fsp3) is 0.381. The van der Waals surface area contributed by atoms with E-state index in [1.807, 2.05) is 18.2 Å². The van der Waals surface area contributed by atoms with E-state index in [9.17, 15) is 9.90 Å². The number of carbonyl (C=O) groups excluding carboxylic acids is 1. The van der Waals surface area contributed by atoms with Crippen molar-refractivity contribution in [2.75, 3.05) is 18.9 Å². The first-order valence-corrected chi connectivity index (χ1v) is 9.23. The van der Waals surface area contributed by atoms with E-state index in [0.29, 0.717) is 5.69 Å². The Kier molecular flexibility index (Phi) is 7.96. The van der Waals surface area contributed by atoms with Crippen molar-refractivity contribution in [3.8, 4) is 5.75 Å². The van der Waals surface area contributed by atoms with Gasteiger partial charge in [0, 0.05) is 13.1 Å². The minimum atomic E-state index is -0.348. The highest BCUT2D eigenvalue weighted by molar-refractivity contribution is 5.90. The summed E-state index contributed by atoms with van der Waals surface area (Å²) in [5.41, 5.74) is 2.80. The van der Waals surface area contributed by atoms with Gasteiger partial charge in [0.05, 0.1) is 5.69 Å². The summed E-state index contributed by atoms with van der Waals surface area (Å²) in [6.07, 6.45) is 4.21. The lowest BCUT2D eigenvalue weighted by molar-refractivity contribution is 0.254. The second-order valence-corrected chi connectivity index (χ2v) is 6.37. The number of rotatable bonds is 9. The Bertz CT molecular complexity index is 689. The van der Waals surface area contributed by atoms with E-state index in [-0.39, 0.29) is 17.8 Å². The van der Waals surface area contributed by atoms with Crippen LogP contribution >= 0.6 is 0 Å². The van der Waals surface area contributed by atoms with Crippen molar-refractivity contribution in [3.05, 3.63) is 59.7 Å². The normalized spacial score (nSPS) is 11.8. The Hall–Kier alpha value is -2.53. The third-order valence-corrected chi connectivity index (χ3v) is 4.39. The maximum absolute atomic E-state index is 11.6. The van der Waals surface area contributed by atoms with Gasteiger partial charge in [-0.15, -0.1) is 0 Å². The molecule has 0 aliphatic carbocycles. The number of nitrogens with one attached hydrogen (secondary N) is 3. The quantitative estimate of drug-likeness (QED) is 0.509. The van der Waals surface area contributed by atoms with Crippen molar-refractivity contribution in [2.24, 2.45) is 0 Å². The van der Waals surface area contributed by atoms with Gasteiger partial charge in [-0.2, -0.15) is 0 Å². The Morgan fingerprint density at radius 1 is 1.15 bits per heavy atom. The summed E-state index contributed by atoms with van der Waals surface area (Å²) in [5, 5.41) is 18.8. The third kappa shape index (κ3) is 6.08. The van der Waals surface area contributed by atoms with Gasteiger partial charge in [0.15, 0.2) is 0 Å². The van der Waals surface area contributed by atoms with Crippen LogP contribution < -0.4 is 16.0 Å². The number of hydrogen-bond acceptors (Lipinski definition) is 3. The molecule has 5 heteroatoms. The Morgan fingerprint density at radius 2 is 1.92 bits per heavy atom. The van der Waals surface area contributed by atoms with Gasteiger partial charge in [0.2, 0.25) is 0 Å². The number of phenolic OH excluding ortho intramolecular Hbond substituents is 1. The van der Waals surface area contributed by atoms with Gasteiger partial charge in [0.25, 0.3) is 0 Å². The van der Waals surface area contributed by atoms with Crippen molar-refractivity contribution < 1.29 is 9.90 Å². The number of urea groups is 1. The maximum Gasteiger partial charge on any atom is 0.319 e. The molecule has 2 aromatic rings. The number of phenols is 1. The first-order chi connectivity index (χ1) is 12.6. The number of hydrogen-bond donors (Lipinski definition) is 4. The van der Waals surface area contributed by atoms with Gasteiger partial charge >= 0.3 is 6.03 Å². The molecule has 5 nitrogen and oxygen atoms in total. The average molecular weight is 355 g/mol. The monoisotopic (exact) mass is 355 g/mol. The highest BCUT2D eigenvalue weighted by Crippen LogP contribution is 2.29. The second-order valence-electron chi connectivity index (χ2n) is 6.37. The smallest absolute Gasteiger partial charge is 0.319 e. The van der Waals surface area contributed by atoms with Crippen LogP contribution in [0.5, 0.6) is 5.75 Å². The summed E-state index contributed by atoms with van der Waals surface area (Å²) in [7, 11) is 1.55. The first kappa shape index (κ1) is 19.8. The summed E-state index contributed by atoms with van der Waals surface area (Å²) in [5.74, 6) is 0.0656. The zero-order chi connectivity index (χ0) is 18.8. The lowest BCUT2D eigenvalue weighted by atomic mass is 9.99. The summed E-state index contributed by atoms with van der Waals surface area (Å²) in [6.45, 7) is 3.05. The van der Waals surface area contributed by atoms with Gasteiger partial charge in [-0.25, -0.2) is 4.79 Å². The van der Waals surface area contributed by atoms with Crippen molar-refractivity contribution in [1.82, 2.24) is 10.6 Å². The van der Waals surface area contributed by atoms with Crippen LogP contribution in [-0.4, -0.2) is 24.7 Å². The molecule has 1 unspecified atom stereocenters. The number of unbranched alkanes of at least 4 members (excludes halogenated alkanes) is 1. The Morgan fingerprint density at radius 3 is 2.62 bits per heavy atom. The molecule has 1 atom stereocenters. The van der Waals surface area contributed by atoms with Crippen LogP contribution in [0.2, 0.25) is 0 Å². The molecule has 2 amide bonds. The number of amides is 2. The van der Waals surface area contributed by atoms with E-state index < -0.39 is 0 Å². The molecule has 2 rings (SSSR count). The van der Waals surface area contributed by atoms with Crippen LogP contribution in [0.15, 0.2) is 48.5 Å². The topological polar surface area (TPSA) is 73.4 Å². The van der Waals surface area contributed by atoms with Crippen LogP contribution in [0.25, 0.3) is 0 Å².